The molecule has 0 aliphatic rings. The molecule has 2 N–H and O–H groups in total. The monoisotopic (exact) mass is 295 g/mol. The summed E-state index contributed by atoms with van der Waals surface area (Å²) in [6.45, 7) is 0.998. The third-order valence-corrected chi connectivity index (χ3v) is 2.87. The molecule has 2 aromatic rings. The summed E-state index contributed by atoms with van der Waals surface area (Å²) in [5.41, 5.74) is 0.993. The molecule has 1 aromatic heterocycles. The lowest BCUT2D eigenvalue weighted by Gasteiger charge is -2.12. The van der Waals surface area contributed by atoms with Gasteiger partial charge in [0.25, 0.3) is 0 Å². The van der Waals surface area contributed by atoms with Crippen molar-refractivity contribution < 1.29 is 5.11 Å². The lowest BCUT2D eigenvalue weighted by molar-refractivity contribution is 0.161. The Morgan fingerprint density at radius 1 is 1.35 bits per heavy atom. The summed E-state index contributed by atoms with van der Waals surface area (Å²) in [6.07, 6.45) is 3.08. The quantitative estimate of drug-likeness (QED) is 0.888. The summed E-state index contributed by atoms with van der Waals surface area (Å²) in [7, 11) is 0. The zero-order valence-electron chi connectivity index (χ0n) is 9.25. The molecule has 5 heteroatoms. The minimum atomic E-state index is -0.460. The first-order valence-corrected chi connectivity index (χ1v) is 6.18. The highest BCUT2D eigenvalue weighted by molar-refractivity contribution is 9.10. The minimum Gasteiger partial charge on any atom is -0.389 e. The van der Waals surface area contributed by atoms with Crippen LogP contribution in [0.1, 0.15) is 0 Å². The number of rotatable bonds is 5. The van der Waals surface area contributed by atoms with Gasteiger partial charge in [0.05, 0.1) is 12.6 Å². The lowest BCUT2D eigenvalue weighted by Crippen LogP contribution is -2.25. The number of aliphatic hydroxyl groups is 1. The van der Waals surface area contributed by atoms with Crippen molar-refractivity contribution in [3.8, 4) is 0 Å². The number of hydrogen-bond acceptors (Lipinski definition) is 3. The van der Waals surface area contributed by atoms with E-state index in [9.17, 15) is 5.11 Å². The smallest absolute Gasteiger partial charge is 0.0907 e. The summed E-state index contributed by atoms with van der Waals surface area (Å²) in [5.74, 6) is 0. The van der Waals surface area contributed by atoms with Crippen molar-refractivity contribution in [3.05, 3.63) is 47.2 Å². The van der Waals surface area contributed by atoms with Gasteiger partial charge in [-0.15, -0.1) is 0 Å². The maximum Gasteiger partial charge on any atom is 0.0907 e. The predicted molar refractivity (Wildman–Crippen MR) is 70.9 cm³/mol. The molecular formula is C12H14BrN3O. The highest BCUT2D eigenvalue weighted by Crippen LogP contribution is 2.13. The highest BCUT2D eigenvalue weighted by Gasteiger charge is 2.04. The molecule has 0 fully saturated rings. The van der Waals surface area contributed by atoms with E-state index in [1.807, 2.05) is 36.5 Å². The van der Waals surface area contributed by atoms with Crippen LogP contribution in [0.5, 0.6) is 0 Å². The maximum absolute atomic E-state index is 9.80. The predicted octanol–water partition coefficient (Wildman–Crippen LogP) is 2.12. The Bertz CT molecular complexity index is 441. The molecular weight excluding hydrogens is 282 g/mol. The molecule has 1 heterocycles. The fourth-order valence-electron chi connectivity index (χ4n) is 1.49. The number of nitrogens with one attached hydrogen (secondary N) is 1. The molecule has 0 spiro atoms. The average molecular weight is 296 g/mol. The van der Waals surface area contributed by atoms with Crippen molar-refractivity contribution in [1.82, 2.24) is 9.78 Å². The van der Waals surface area contributed by atoms with E-state index in [0.29, 0.717) is 13.1 Å². The second-order valence-electron chi connectivity index (χ2n) is 3.77. The molecule has 0 aliphatic heterocycles. The highest BCUT2D eigenvalue weighted by atomic mass is 79.9. The van der Waals surface area contributed by atoms with Gasteiger partial charge in [0.15, 0.2) is 0 Å². The molecule has 2 rings (SSSR count). The van der Waals surface area contributed by atoms with Gasteiger partial charge in [-0.25, -0.2) is 0 Å². The molecule has 17 heavy (non-hydrogen) atoms. The summed E-state index contributed by atoms with van der Waals surface area (Å²) >= 11 is 3.38. The zero-order valence-corrected chi connectivity index (χ0v) is 10.8. The van der Waals surface area contributed by atoms with E-state index in [1.165, 1.54) is 0 Å². The summed E-state index contributed by atoms with van der Waals surface area (Å²) in [5, 5.41) is 17.0. The van der Waals surface area contributed by atoms with Crippen molar-refractivity contribution >= 4 is 21.6 Å². The first-order valence-electron chi connectivity index (χ1n) is 5.39. The number of aromatic nitrogens is 2. The standard InChI is InChI=1S/C12H14BrN3O/c13-10-2-4-11(5-3-10)14-8-12(17)9-16-7-1-6-15-16/h1-7,12,14,17H,8-9H2. The van der Waals surface area contributed by atoms with Crippen LogP contribution < -0.4 is 5.32 Å². The topological polar surface area (TPSA) is 50.1 Å². The van der Waals surface area contributed by atoms with Crippen molar-refractivity contribution in [3.63, 3.8) is 0 Å². The molecule has 1 atom stereocenters. The van der Waals surface area contributed by atoms with Crippen LogP contribution in [0.3, 0.4) is 0 Å². The Kier molecular flexibility index (Phi) is 4.17. The van der Waals surface area contributed by atoms with Crippen molar-refractivity contribution in [1.29, 1.82) is 0 Å². The number of anilines is 1. The molecule has 0 amide bonds. The second-order valence-corrected chi connectivity index (χ2v) is 4.69. The fourth-order valence-corrected chi connectivity index (χ4v) is 1.76. The summed E-state index contributed by atoms with van der Waals surface area (Å²) in [6, 6.07) is 9.69. The van der Waals surface area contributed by atoms with Crippen LogP contribution in [0.25, 0.3) is 0 Å². The maximum atomic E-state index is 9.80. The van der Waals surface area contributed by atoms with Crippen LogP contribution in [0.15, 0.2) is 47.2 Å². The molecule has 4 nitrogen and oxygen atoms in total. The third kappa shape index (κ3) is 3.87. The Labute approximate surface area is 108 Å². The van der Waals surface area contributed by atoms with E-state index < -0.39 is 6.10 Å². The second kappa shape index (κ2) is 5.84. The molecule has 1 unspecified atom stereocenters. The largest absolute Gasteiger partial charge is 0.389 e. The molecule has 0 saturated carbocycles. The van der Waals surface area contributed by atoms with Gasteiger partial charge >= 0.3 is 0 Å². The van der Waals surface area contributed by atoms with Gasteiger partial charge in [-0.05, 0) is 30.3 Å². The van der Waals surface area contributed by atoms with Crippen LogP contribution in [0.2, 0.25) is 0 Å². The number of hydrogen-bond donors (Lipinski definition) is 2. The van der Waals surface area contributed by atoms with Gasteiger partial charge in [-0.1, -0.05) is 15.9 Å². The van der Waals surface area contributed by atoms with Gasteiger partial charge in [-0.2, -0.15) is 5.10 Å². The Balaban J connectivity index is 1.79. The summed E-state index contributed by atoms with van der Waals surface area (Å²) in [4.78, 5) is 0. The van der Waals surface area contributed by atoms with Crippen LogP contribution in [-0.4, -0.2) is 27.5 Å². The Morgan fingerprint density at radius 3 is 2.76 bits per heavy atom. The van der Waals surface area contributed by atoms with Crippen LogP contribution in [0.4, 0.5) is 5.69 Å². The van der Waals surface area contributed by atoms with E-state index in [1.54, 1.807) is 10.9 Å². The van der Waals surface area contributed by atoms with E-state index in [2.05, 4.69) is 26.3 Å². The van der Waals surface area contributed by atoms with Crippen molar-refractivity contribution in [2.45, 2.75) is 12.6 Å². The van der Waals surface area contributed by atoms with Crippen molar-refractivity contribution in [2.24, 2.45) is 0 Å². The number of benzene rings is 1. The number of aliphatic hydroxyl groups excluding tert-OH is 1. The minimum absolute atomic E-state index is 0.460. The molecule has 0 radical (unpaired) electrons. The van der Waals surface area contributed by atoms with E-state index in [-0.39, 0.29) is 0 Å². The van der Waals surface area contributed by atoms with Gasteiger partial charge < -0.3 is 10.4 Å². The van der Waals surface area contributed by atoms with Crippen LogP contribution >= 0.6 is 15.9 Å². The molecule has 0 saturated heterocycles. The van der Waals surface area contributed by atoms with Gasteiger partial charge in [0.1, 0.15) is 0 Å². The van der Waals surface area contributed by atoms with Crippen molar-refractivity contribution in [2.75, 3.05) is 11.9 Å². The van der Waals surface area contributed by atoms with E-state index >= 15 is 0 Å². The first-order chi connectivity index (χ1) is 8.24. The average Bonchev–Trinajstić information content (AvgIpc) is 2.81. The zero-order chi connectivity index (χ0) is 12.1. The molecule has 1 aromatic carbocycles. The first kappa shape index (κ1) is 12.1. The summed E-state index contributed by atoms with van der Waals surface area (Å²) < 4.78 is 2.76. The van der Waals surface area contributed by atoms with Crippen LogP contribution in [0, 0.1) is 0 Å². The van der Waals surface area contributed by atoms with E-state index in [0.717, 1.165) is 10.2 Å². The SMILES string of the molecule is OC(CNc1ccc(Br)cc1)Cn1cccn1. The van der Waals surface area contributed by atoms with E-state index in [4.69, 9.17) is 0 Å². The van der Waals surface area contributed by atoms with Gasteiger partial charge in [-0.3, -0.25) is 4.68 Å². The Morgan fingerprint density at radius 2 is 2.12 bits per heavy atom. The van der Waals surface area contributed by atoms with Gasteiger partial charge in [0.2, 0.25) is 0 Å². The number of halogens is 1. The lowest BCUT2D eigenvalue weighted by atomic mass is 10.3. The van der Waals surface area contributed by atoms with Gasteiger partial charge in [0, 0.05) is 29.1 Å². The fraction of sp³-hybridized carbons (Fsp3) is 0.250. The normalized spacial score (nSPS) is 12.4. The third-order valence-electron chi connectivity index (χ3n) is 2.34. The Hall–Kier alpha value is -1.33. The molecule has 0 aliphatic carbocycles. The number of nitrogens with zero attached hydrogens (tertiary/aromatic N) is 2. The molecule has 90 valence electrons. The van der Waals surface area contributed by atoms with Crippen LogP contribution in [-0.2, 0) is 6.54 Å². The molecule has 0 bridgehead atoms.